The number of rotatable bonds is 4. The van der Waals surface area contributed by atoms with Gasteiger partial charge in [0.15, 0.2) is 0 Å². The molecule has 0 aromatic heterocycles. The maximum atomic E-state index is 12.3. The summed E-state index contributed by atoms with van der Waals surface area (Å²) in [6.45, 7) is 0. The second kappa shape index (κ2) is 6.36. The van der Waals surface area contributed by atoms with Gasteiger partial charge in [-0.25, -0.2) is 10.9 Å². The van der Waals surface area contributed by atoms with Crippen LogP contribution < -0.4 is 16.2 Å². The number of aliphatic carboxylic acids is 1. The van der Waals surface area contributed by atoms with Crippen LogP contribution in [0.2, 0.25) is 0 Å². The lowest BCUT2D eigenvalue weighted by Gasteiger charge is -2.33. The molecule has 4 N–H and O–H groups in total. The molecule has 0 bridgehead atoms. The third-order valence-electron chi connectivity index (χ3n) is 4.31. The molecule has 1 aromatic rings. The SMILES string of the molecule is O=C(O)C1CC(NC(=O)C2NNC(c3ccccc3)C2Br)C1. The summed E-state index contributed by atoms with van der Waals surface area (Å²) in [6, 6.07) is 9.48. The lowest BCUT2D eigenvalue weighted by molar-refractivity contribution is -0.146. The normalized spacial score (nSPS) is 34.0. The number of amides is 1. The van der Waals surface area contributed by atoms with E-state index in [9.17, 15) is 9.59 Å². The van der Waals surface area contributed by atoms with Crippen molar-refractivity contribution in [1.82, 2.24) is 16.2 Å². The average molecular weight is 368 g/mol. The summed E-state index contributed by atoms with van der Waals surface area (Å²) in [5.74, 6) is -1.22. The summed E-state index contributed by atoms with van der Waals surface area (Å²) in [5.41, 5.74) is 7.25. The number of hydrogen-bond acceptors (Lipinski definition) is 4. The van der Waals surface area contributed by atoms with Crippen LogP contribution in [-0.2, 0) is 9.59 Å². The van der Waals surface area contributed by atoms with Crippen molar-refractivity contribution in [2.45, 2.75) is 35.8 Å². The Morgan fingerprint density at radius 3 is 2.50 bits per heavy atom. The van der Waals surface area contributed by atoms with Crippen LogP contribution in [0.15, 0.2) is 30.3 Å². The molecular weight excluding hydrogens is 350 g/mol. The van der Waals surface area contributed by atoms with E-state index in [0.717, 1.165) is 5.56 Å². The van der Waals surface area contributed by atoms with E-state index in [1.807, 2.05) is 30.3 Å². The number of hydrogen-bond donors (Lipinski definition) is 4. The molecule has 1 saturated heterocycles. The molecule has 7 heteroatoms. The Kier molecular flexibility index (Phi) is 4.46. The molecule has 3 rings (SSSR count). The molecule has 0 spiro atoms. The highest BCUT2D eigenvalue weighted by atomic mass is 79.9. The van der Waals surface area contributed by atoms with Gasteiger partial charge in [-0.3, -0.25) is 9.59 Å². The number of halogens is 1. The van der Waals surface area contributed by atoms with Crippen LogP contribution in [0.1, 0.15) is 24.4 Å². The monoisotopic (exact) mass is 367 g/mol. The minimum atomic E-state index is -0.784. The van der Waals surface area contributed by atoms with Crippen molar-refractivity contribution in [3.8, 4) is 0 Å². The number of benzene rings is 1. The van der Waals surface area contributed by atoms with Gasteiger partial charge in [-0.15, -0.1) is 0 Å². The maximum Gasteiger partial charge on any atom is 0.306 e. The van der Waals surface area contributed by atoms with Crippen LogP contribution in [-0.4, -0.2) is 33.9 Å². The summed E-state index contributed by atoms with van der Waals surface area (Å²) in [7, 11) is 0. The molecule has 6 nitrogen and oxygen atoms in total. The molecule has 1 saturated carbocycles. The van der Waals surface area contributed by atoms with Crippen molar-refractivity contribution < 1.29 is 14.7 Å². The molecule has 22 heavy (non-hydrogen) atoms. The number of carboxylic acids is 1. The van der Waals surface area contributed by atoms with E-state index in [4.69, 9.17) is 5.11 Å². The van der Waals surface area contributed by atoms with Crippen molar-refractivity contribution in [3.63, 3.8) is 0 Å². The fraction of sp³-hybridized carbons (Fsp3) is 0.467. The zero-order chi connectivity index (χ0) is 15.7. The average Bonchev–Trinajstić information content (AvgIpc) is 2.84. The van der Waals surface area contributed by atoms with Crippen molar-refractivity contribution in [3.05, 3.63) is 35.9 Å². The zero-order valence-electron chi connectivity index (χ0n) is 11.8. The summed E-state index contributed by atoms with van der Waals surface area (Å²) in [5, 5.41) is 11.8. The molecule has 3 atom stereocenters. The van der Waals surface area contributed by atoms with Gasteiger partial charge in [0, 0.05) is 6.04 Å². The second-order valence-corrected chi connectivity index (χ2v) is 6.87. The lowest BCUT2D eigenvalue weighted by Crippen LogP contribution is -2.53. The van der Waals surface area contributed by atoms with Crippen molar-refractivity contribution >= 4 is 27.8 Å². The van der Waals surface area contributed by atoms with Gasteiger partial charge in [-0.2, -0.15) is 0 Å². The molecule has 1 amide bonds. The first-order valence-electron chi connectivity index (χ1n) is 7.29. The number of alkyl halides is 1. The Bertz CT molecular complexity index is 562. The fourth-order valence-electron chi connectivity index (χ4n) is 2.90. The Hall–Kier alpha value is -1.44. The molecule has 1 aliphatic heterocycles. The Morgan fingerprint density at radius 1 is 1.18 bits per heavy atom. The molecule has 2 aliphatic rings. The van der Waals surface area contributed by atoms with Gasteiger partial charge in [0.25, 0.3) is 0 Å². The third-order valence-corrected chi connectivity index (χ3v) is 5.36. The molecular formula is C15H18BrN3O3. The number of carboxylic acid groups (broad SMARTS) is 1. The van der Waals surface area contributed by atoms with Crippen LogP contribution in [0, 0.1) is 5.92 Å². The van der Waals surface area contributed by atoms with Crippen molar-refractivity contribution in [2.75, 3.05) is 0 Å². The smallest absolute Gasteiger partial charge is 0.306 e. The molecule has 2 fully saturated rings. The number of carbonyl (C=O) groups excluding carboxylic acids is 1. The first-order valence-corrected chi connectivity index (χ1v) is 8.21. The van der Waals surface area contributed by atoms with Gasteiger partial charge in [-0.05, 0) is 18.4 Å². The molecule has 3 unspecified atom stereocenters. The van der Waals surface area contributed by atoms with E-state index < -0.39 is 12.0 Å². The maximum absolute atomic E-state index is 12.3. The summed E-state index contributed by atoms with van der Waals surface area (Å²) in [4.78, 5) is 23.0. The van der Waals surface area contributed by atoms with E-state index in [2.05, 4.69) is 32.1 Å². The molecule has 118 valence electrons. The van der Waals surface area contributed by atoms with E-state index in [1.165, 1.54) is 0 Å². The predicted octanol–water partition coefficient (Wildman–Crippen LogP) is 0.947. The first kappa shape index (κ1) is 15.5. The fourth-order valence-corrected chi connectivity index (χ4v) is 3.71. The Balaban J connectivity index is 1.55. The topological polar surface area (TPSA) is 90.5 Å². The van der Waals surface area contributed by atoms with Crippen molar-refractivity contribution in [1.29, 1.82) is 0 Å². The first-order chi connectivity index (χ1) is 10.6. The standard InChI is InChI=1S/C15H18BrN3O3/c16-11-12(8-4-2-1-3-5-8)18-19-13(11)14(20)17-10-6-9(7-10)15(21)22/h1-5,9-13,18-19H,6-7H2,(H,17,20)(H,21,22). The number of carbonyl (C=O) groups is 2. The summed E-state index contributed by atoms with van der Waals surface area (Å²) >= 11 is 3.59. The van der Waals surface area contributed by atoms with Gasteiger partial charge in [-0.1, -0.05) is 46.3 Å². The van der Waals surface area contributed by atoms with Gasteiger partial charge in [0.2, 0.25) is 5.91 Å². The largest absolute Gasteiger partial charge is 0.481 e. The number of nitrogens with one attached hydrogen (secondary N) is 3. The van der Waals surface area contributed by atoms with Gasteiger partial charge in [0.1, 0.15) is 6.04 Å². The minimum absolute atomic E-state index is 0.00473. The van der Waals surface area contributed by atoms with E-state index in [-0.39, 0.29) is 28.7 Å². The molecule has 1 heterocycles. The summed E-state index contributed by atoms with van der Waals surface area (Å²) in [6.07, 6.45) is 1.02. The summed E-state index contributed by atoms with van der Waals surface area (Å²) < 4.78 is 0. The van der Waals surface area contributed by atoms with E-state index in [1.54, 1.807) is 0 Å². The van der Waals surface area contributed by atoms with Crippen molar-refractivity contribution in [2.24, 2.45) is 5.92 Å². The second-order valence-electron chi connectivity index (χ2n) is 5.81. The van der Waals surface area contributed by atoms with Crippen LogP contribution >= 0.6 is 15.9 Å². The molecule has 1 aromatic carbocycles. The number of hydrazine groups is 1. The quantitative estimate of drug-likeness (QED) is 0.594. The van der Waals surface area contributed by atoms with Gasteiger partial charge in [0.05, 0.1) is 16.8 Å². The minimum Gasteiger partial charge on any atom is -0.481 e. The highest BCUT2D eigenvalue weighted by Gasteiger charge is 2.42. The molecule has 1 aliphatic carbocycles. The van der Waals surface area contributed by atoms with E-state index in [0.29, 0.717) is 12.8 Å². The zero-order valence-corrected chi connectivity index (χ0v) is 13.4. The van der Waals surface area contributed by atoms with Gasteiger partial charge < -0.3 is 10.4 Å². The van der Waals surface area contributed by atoms with E-state index >= 15 is 0 Å². The third kappa shape index (κ3) is 3.02. The van der Waals surface area contributed by atoms with Crippen LogP contribution in [0.25, 0.3) is 0 Å². The predicted molar refractivity (Wildman–Crippen MR) is 84.2 cm³/mol. The Morgan fingerprint density at radius 2 is 1.86 bits per heavy atom. The van der Waals surface area contributed by atoms with Crippen LogP contribution in [0.3, 0.4) is 0 Å². The Labute approximate surface area is 136 Å². The highest BCUT2D eigenvalue weighted by molar-refractivity contribution is 9.09. The molecule has 0 radical (unpaired) electrons. The lowest BCUT2D eigenvalue weighted by atomic mass is 9.80. The van der Waals surface area contributed by atoms with Gasteiger partial charge >= 0.3 is 5.97 Å². The van der Waals surface area contributed by atoms with Crippen LogP contribution in [0.5, 0.6) is 0 Å². The highest BCUT2D eigenvalue weighted by Crippen LogP contribution is 2.30. The van der Waals surface area contributed by atoms with Crippen LogP contribution in [0.4, 0.5) is 0 Å².